The van der Waals surface area contributed by atoms with Crippen LogP contribution >= 0.6 is 0 Å². The number of nitrogens with two attached hydrogens (primary N) is 1. The Bertz CT molecular complexity index is 2880. The number of unbranched alkanes of at least 4 members (excludes halogenated alkanes) is 2. The predicted molar refractivity (Wildman–Crippen MR) is 359 cm³/mol. The summed E-state index contributed by atoms with van der Waals surface area (Å²) in [5.74, 6) is -6.16. The topological polar surface area (TPSA) is 335 Å². The Labute approximate surface area is 562 Å². The van der Waals surface area contributed by atoms with Crippen LogP contribution in [0.2, 0.25) is 0 Å². The van der Waals surface area contributed by atoms with Gasteiger partial charge in [-0.1, -0.05) is 125 Å². The van der Waals surface area contributed by atoms with Crippen LogP contribution < -0.4 is 32.3 Å². The van der Waals surface area contributed by atoms with E-state index in [4.69, 9.17) is 19.9 Å². The maximum Gasteiger partial charge on any atom is 0.410 e. The van der Waals surface area contributed by atoms with Gasteiger partial charge in [-0.25, -0.2) is 9.59 Å². The number of likely N-dealkylation sites (N-methyl/N-ethyl adjacent to an activating group) is 2. The number of hydrogen-bond acceptors (Lipinski definition) is 15. The van der Waals surface area contributed by atoms with E-state index in [1.165, 1.54) is 31.1 Å². The highest BCUT2D eigenvalue weighted by molar-refractivity contribution is 6.03. The molecule has 2 aromatic carbocycles. The number of benzene rings is 2. The number of ketones is 1. The first-order valence-electron chi connectivity index (χ1n) is 33.8. The molecule has 0 aliphatic carbocycles. The predicted octanol–water partition coefficient (Wildman–Crippen LogP) is 6.64. The monoisotopic (exact) mass is 1330 g/mol. The Morgan fingerprint density at radius 3 is 1.99 bits per heavy atom. The van der Waals surface area contributed by atoms with E-state index in [2.05, 4.69) is 26.6 Å². The molecule has 0 spiro atoms. The number of aliphatic hydroxyl groups is 1. The van der Waals surface area contributed by atoms with Crippen LogP contribution in [-0.4, -0.2) is 186 Å². The quantitative estimate of drug-likeness (QED) is 0.0273. The molecule has 2 heterocycles. The number of carbonyl (C=O) groups excluding carboxylic acids is 11. The number of amides is 11. The smallest absolute Gasteiger partial charge is 0.410 e. The zero-order valence-corrected chi connectivity index (χ0v) is 58.8. The fourth-order valence-electron chi connectivity index (χ4n) is 12.8. The van der Waals surface area contributed by atoms with Crippen LogP contribution in [0, 0.1) is 41.4 Å². The van der Waals surface area contributed by atoms with Crippen molar-refractivity contribution >= 4 is 70.9 Å². The van der Waals surface area contributed by atoms with Crippen molar-refractivity contribution in [3.8, 4) is 0 Å². The number of nitrogens with one attached hydrogen (secondary N) is 5. The summed E-state index contributed by atoms with van der Waals surface area (Å²) in [4.78, 5) is 154. The minimum absolute atomic E-state index is 0.0714. The molecule has 0 aromatic heterocycles. The van der Waals surface area contributed by atoms with Gasteiger partial charge in [0.2, 0.25) is 47.3 Å². The van der Waals surface area contributed by atoms with Gasteiger partial charge in [0.05, 0.1) is 54.8 Å². The third-order valence-electron chi connectivity index (χ3n) is 18.7. The number of imide groups is 1. The maximum absolute atomic E-state index is 14.9. The molecule has 8 N–H and O–H groups in total. The lowest BCUT2D eigenvalue weighted by molar-refractivity contribution is -0.149. The van der Waals surface area contributed by atoms with Gasteiger partial charge in [0.25, 0.3) is 0 Å². The molecule has 0 bridgehead atoms. The van der Waals surface area contributed by atoms with E-state index < -0.39 is 90.3 Å². The van der Waals surface area contributed by atoms with Gasteiger partial charge in [-0.3, -0.25) is 48.1 Å². The van der Waals surface area contributed by atoms with Crippen LogP contribution in [0.4, 0.5) is 15.3 Å². The number of ether oxygens (including phenoxy) is 3. The Morgan fingerprint density at radius 2 is 1.42 bits per heavy atom. The van der Waals surface area contributed by atoms with E-state index in [-0.39, 0.29) is 129 Å². The molecule has 4 rings (SSSR count). The number of aliphatic hydroxyl groups excluding tert-OH is 1. The SMILES string of the molecule is CC[C@H](C)[C@@H]([C@@H](CC(=O)N1CCC[C@H]1[C@H](OC)[C@@H](C)C(=O)N[C@H](C)[C@@H](O)c1ccccc1)OC)N(C)C(=O)[C@@H](CC(=O)[C@H](C(C)C)N(C)C(=O)OCc1ccc(NC(=O)[C@H](CCCNC(N)=O)NC(=O)[C@@H](NC(=O)CCCCCN2C(=O)CC(C)C2=O)C(C)C)cc1)C(C)C. The lowest BCUT2D eigenvalue weighted by Crippen LogP contribution is -2.55. The minimum Gasteiger partial charge on any atom is -0.445 e. The van der Waals surface area contributed by atoms with Crippen molar-refractivity contribution in [1.29, 1.82) is 0 Å². The number of nitrogens with zero attached hydrogens (tertiary/aromatic N) is 4. The van der Waals surface area contributed by atoms with E-state index in [1.54, 1.807) is 102 Å². The number of methoxy groups -OCH3 is 2. The van der Waals surface area contributed by atoms with Crippen molar-refractivity contribution in [3.63, 3.8) is 0 Å². The van der Waals surface area contributed by atoms with Gasteiger partial charge in [0, 0.05) is 84.7 Å². The Morgan fingerprint density at radius 1 is 0.758 bits per heavy atom. The molecule has 95 heavy (non-hydrogen) atoms. The molecule has 25 nitrogen and oxygen atoms in total. The number of likely N-dealkylation sites (tertiary alicyclic amines) is 2. The third kappa shape index (κ3) is 23.4. The van der Waals surface area contributed by atoms with Crippen molar-refractivity contribution in [2.24, 2.45) is 47.2 Å². The van der Waals surface area contributed by atoms with Gasteiger partial charge < -0.3 is 66.3 Å². The number of carbonyl (C=O) groups is 11. The minimum atomic E-state index is -1.11. The van der Waals surface area contributed by atoms with Crippen LogP contribution in [-0.2, 0) is 64.0 Å². The lowest BCUT2D eigenvalue weighted by atomic mass is 9.83. The number of rotatable bonds is 39. The van der Waals surface area contributed by atoms with Gasteiger partial charge >= 0.3 is 12.1 Å². The van der Waals surface area contributed by atoms with Crippen molar-refractivity contribution < 1.29 is 72.1 Å². The fraction of sp³-hybridized carbons (Fsp3) is 0.671. The van der Waals surface area contributed by atoms with E-state index in [9.17, 15) is 57.8 Å². The van der Waals surface area contributed by atoms with Crippen LogP contribution in [0.1, 0.15) is 170 Å². The maximum atomic E-state index is 14.9. The van der Waals surface area contributed by atoms with Crippen molar-refractivity contribution in [2.45, 2.75) is 214 Å². The second-order valence-corrected chi connectivity index (χ2v) is 26.9. The number of Topliss-reactive ketones (excluding diaryl/α,β-unsaturated/α-hetero) is 1. The largest absolute Gasteiger partial charge is 0.445 e. The first kappa shape index (κ1) is 79.9. The number of hydrogen-bond donors (Lipinski definition) is 7. The average Bonchev–Trinajstić information content (AvgIpc) is 1.78. The summed E-state index contributed by atoms with van der Waals surface area (Å²) >= 11 is 0. The normalized spacial score (nSPS) is 18.3. The summed E-state index contributed by atoms with van der Waals surface area (Å²) in [5, 5.41) is 24.7. The Balaban J connectivity index is 1.37. The van der Waals surface area contributed by atoms with Crippen LogP contribution in [0.25, 0.3) is 0 Å². The first-order valence-corrected chi connectivity index (χ1v) is 33.8. The number of primary amides is 1. The summed E-state index contributed by atoms with van der Waals surface area (Å²) < 4.78 is 17.8. The van der Waals surface area contributed by atoms with E-state index in [1.807, 2.05) is 45.9 Å². The van der Waals surface area contributed by atoms with Crippen molar-refractivity contribution in [1.82, 2.24) is 40.9 Å². The van der Waals surface area contributed by atoms with E-state index in [0.29, 0.717) is 61.9 Å². The highest BCUT2D eigenvalue weighted by Crippen LogP contribution is 2.32. The Kier molecular flexibility index (Phi) is 32.7. The van der Waals surface area contributed by atoms with Crippen molar-refractivity contribution in [3.05, 3.63) is 65.7 Å². The molecule has 2 aromatic rings. The standard InChI is InChI=1S/C70H110N10O15/c1-16-44(8)61(55(93-14)39-58(84)79-36-24-28-53(79)63(94-15)46(10)64(86)73-47(11)62(85)49-25-19-17-20-26-49)77(12)68(90)51(41(2)3)38-54(81)60(43(6)7)78(13)70(92)95-40-48-30-32-50(33-31-48)74-65(87)52(27-23-34-72-69(71)91)75-66(88)59(42(4)5)76-56(82)29-21-18-22-35-80-57(83)37-45(9)67(80)89/h17,19-20,25-26,30-33,41-47,51-53,55,59-63,85H,16,18,21-24,27-29,34-40H2,1-15H3,(H,73,86)(H,74,87)(H,75,88)(H,76,82)(H3,71,72,91)/t44-,45?,46+,47+,51-,52-,53-,55+,59-,60-,61-,62+,63+/m0/s1. The number of anilines is 1. The summed E-state index contributed by atoms with van der Waals surface area (Å²) in [5.41, 5.74) is 6.81. The van der Waals surface area contributed by atoms with E-state index in [0.717, 1.165) is 0 Å². The third-order valence-corrected chi connectivity index (χ3v) is 18.7. The van der Waals surface area contributed by atoms with Gasteiger partial charge in [0.1, 0.15) is 18.7 Å². The molecule has 11 amide bonds. The van der Waals surface area contributed by atoms with Gasteiger partial charge in [-0.05, 0) is 92.4 Å². The highest BCUT2D eigenvalue weighted by Gasteiger charge is 2.44. The van der Waals surface area contributed by atoms with Gasteiger partial charge in [0.15, 0.2) is 5.78 Å². The lowest BCUT2D eigenvalue weighted by Gasteiger charge is -2.41. The first-order chi connectivity index (χ1) is 44.9. The molecule has 1 unspecified atom stereocenters. The molecule has 2 aliphatic heterocycles. The highest BCUT2D eigenvalue weighted by atomic mass is 16.6. The second-order valence-electron chi connectivity index (χ2n) is 26.9. The fourth-order valence-corrected chi connectivity index (χ4v) is 12.8. The molecule has 25 heteroatoms. The van der Waals surface area contributed by atoms with Gasteiger partial charge in [-0.2, -0.15) is 0 Å². The molecule has 2 aliphatic rings. The van der Waals surface area contributed by atoms with E-state index >= 15 is 0 Å². The molecule has 0 saturated carbocycles. The average molecular weight is 1330 g/mol. The number of urea groups is 1. The van der Waals surface area contributed by atoms with Gasteiger partial charge in [-0.15, -0.1) is 0 Å². The summed E-state index contributed by atoms with van der Waals surface area (Å²) in [6.45, 7) is 20.7. The summed E-state index contributed by atoms with van der Waals surface area (Å²) in [6, 6.07) is 10.1. The summed E-state index contributed by atoms with van der Waals surface area (Å²) in [7, 11) is 6.18. The Hall–Kier alpha value is -7.51. The van der Waals surface area contributed by atoms with Crippen LogP contribution in [0.5, 0.6) is 0 Å². The molecular weight excluding hydrogens is 1220 g/mol. The molecule has 13 atom stereocenters. The zero-order valence-electron chi connectivity index (χ0n) is 58.8. The molecule has 2 fully saturated rings. The molecule has 0 radical (unpaired) electrons. The van der Waals surface area contributed by atoms with Crippen LogP contribution in [0.3, 0.4) is 0 Å². The molecule has 530 valence electrons. The zero-order chi connectivity index (χ0) is 71.0. The van der Waals surface area contributed by atoms with Crippen molar-refractivity contribution in [2.75, 3.05) is 53.3 Å². The second kappa shape index (κ2) is 38.9. The summed E-state index contributed by atoms with van der Waals surface area (Å²) in [6.07, 6.45) is 0.770. The molecule has 2 saturated heterocycles. The molecular formula is C70H110N10O15. The van der Waals surface area contributed by atoms with Crippen LogP contribution in [0.15, 0.2) is 54.6 Å².